The molecule has 0 aliphatic carbocycles. The van der Waals surface area contributed by atoms with Gasteiger partial charge >= 0.3 is 0 Å². The van der Waals surface area contributed by atoms with Crippen molar-refractivity contribution in [1.29, 1.82) is 0 Å². The average molecular weight is 345 g/mol. The maximum absolute atomic E-state index is 12.2. The standard InChI is InChI=1S/C21H15NO2S/c23-19(15-7-2-1-3-8-15)14-24-17-10-6-9-16(13-17)21-22-18-11-4-5-12-20(18)25-21/h1-13H,14H2. The fourth-order valence-corrected chi connectivity index (χ4v) is 3.53. The Bertz CT molecular complexity index is 991. The number of ether oxygens (including phenoxy) is 1. The maximum Gasteiger partial charge on any atom is 0.200 e. The van der Waals surface area contributed by atoms with Crippen LogP contribution in [0.2, 0.25) is 0 Å². The zero-order valence-corrected chi connectivity index (χ0v) is 14.2. The minimum atomic E-state index is -0.0361. The van der Waals surface area contributed by atoms with Gasteiger partial charge in [0.2, 0.25) is 0 Å². The minimum absolute atomic E-state index is 0.0211. The summed E-state index contributed by atoms with van der Waals surface area (Å²) < 4.78 is 6.84. The Morgan fingerprint density at radius 3 is 2.56 bits per heavy atom. The van der Waals surface area contributed by atoms with Crippen LogP contribution in [0, 0.1) is 0 Å². The van der Waals surface area contributed by atoms with E-state index in [2.05, 4.69) is 11.1 Å². The van der Waals surface area contributed by atoms with E-state index in [0.717, 1.165) is 20.8 Å². The molecular formula is C21H15NO2S. The number of thiazole rings is 1. The molecule has 0 saturated carbocycles. The van der Waals surface area contributed by atoms with E-state index in [1.165, 1.54) is 0 Å². The summed E-state index contributed by atoms with van der Waals surface area (Å²) in [6.45, 7) is 0.0211. The first-order valence-electron chi connectivity index (χ1n) is 7.97. The number of aromatic nitrogens is 1. The van der Waals surface area contributed by atoms with Gasteiger partial charge in [0.15, 0.2) is 12.4 Å². The number of ketones is 1. The maximum atomic E-state index is 12.2. The third-order valence-corrected chi connectivity index (χ3v) is 4.93. The van der Waals surface area contributed by atoms with Crippen LogP contribution in [-0.2, 0) is 0 Å². The first kappa shape index (κ1) is 15.5. The van der Waals surface area contributed by atoms with Crippen LogP contribution in [0.5, 0.6) is 5.75 Å². The predicted molar refractivity (Wildman–Crippen MR) is 101 cm³/mol. The molecule has 1 heterocycles. The molecule has 0 fully saturated rings. The van der Waals surface area contributed by atoms with E-state index in [0.29, 0.717) is 11.3 Å². The highest BCUT2D eigenvalue weighted by molar-refractivity contribution is 7.21. The highest BCUT2D eigenvalue weighted by Gasteiger charge is 2.09. The fourth-order valence-electron chi connectivity index (χ4n) is 2.57. The van der Waals surface area contributed by atoms with Crippen molar-refractivity contribution in [1.82, 2.24) is 4.98 Å². The van der Waals surface area contributed by atoms with Crippen LogP contribution >= 0.6 is 11.3 Å². The van der Waals surface area contributed by atoms with Crippen molar-refractivity contribution >= 4 is 27.3 Å². The zero-order chi connectivity index (χ0) is 17.1. The molecule has 0 N–H and O–H groups in total. The summed E-state index contributed by atoms with van der Waals surface area (Å²) in [5.74, 6) is 0.632. The Hall–Kier alpha value is -2.98. The van der Waals surface area contributed by atoms with E-state index in [-0.39, 0.29) is 12.4 Å². The molecule has 1 aromatic heterocycles. The summed E-state index contributed by atoms with van der Waals surface area (Å²) >= 11 is 1.65. The Balaban J connectivity index is 1.52. The van der Waals surface area contributed by atoms with Gasteiger partial charge in [0, 0.05) is 11.1 Å². The van der Waals surface area contributed by atoms with Crippen LogP contribution in [0.3, 0.4) is 0 Å². The van der Waals surface area contributed by atoms with Gasteiger partial charge in [-0.25, -0.2) is 4.98 Å². The van der Waals surface area contributed by atoms with Crippen molar-refractivity contribution in [2.45, 2.75) is 0 Å². The average Bonchev–Trinajstić information content (AvgIpc) is 3.11. The summed E-state index contributed by atoms with van der Waals surface area (Å²) in [5, 5.41) is 0.945. The highest BCUT2D eigenvalue weighted by Crippen LogP contribution is 2.31. The van der Waals surface area contributed by atoms with Crippen molar-refractivity contribution in [2.75, 3.05) is 6.61 Å². The van der Waals surface area contributed by atoms with E-state index < -0.39 is 0 Å². The van der Waals surface area contributed by atoms with Gasteiger partial charge in [0.1, 0.15) is 10.8 Å². The first-order chi connectivity index (χ1) is 12.3. The lowest BCUT2D eigenvalue weighted by molar-refractivity contribution is 0.0921. The molecule has 0 spiro atoms. The lowest BCUT2D eigenvalue weighted by atomic mass is 10.1. The number of carbonyl (C=O) groups excluding carboxylic acids is 1. The van der Waals surface area contributed by atoms with Crippen LogP contribution in [0.15, 0.2) is 78.9 Å². The molecular weight excluding hydrogens is 330 g/mol. The number of carbonyl (C=O) groups is 1. The second-order valence-electron chi connectivity index (χ2n) is 5.59. The zero-order valence-electron chi connectivity index (χ0n) is 13.4. The molecule has 3 nitrogen and oxygen atoms in total. The topological polar surface area (TPSA) is 39.2 Å². The normalized spacial score (nSPS) is 10.7. The molecule has 122 valence electrons. The molecule has 4 rings (SSSR count). The molecule has 4 heteroatoms. The number of Topliss-reactive ketones (excluding diaryl/α,β-unsaturated/α-hetero) is 1. The number of fused-ring (bicyclic) bond motifs is 1. The van der Waals surface area contributed by atoms with Crippen LogP contribution in [0.4, 0.5) is 0 Å². The number of hydrogen-bond acceptors (Lipinski definition) is 4. The Labute approximate surface area is 149 Å². The Kier molecular flexibility index (Phi) is 4.27. The summed E-state index contributed by atoms with van der Waals surface area (Å²) in [5.41, 5.74) is 2.64. The molecule has 4 aromatic rings. The molecule has 25 heavy (non-hydrogen) atoms. The molecule has 3 aromatic carbocycles. The summed E-state index contributed by atoms with van der Waals surface area (Å²) in [6.07, 6.45) is 0. The number of benzene rings is 3. The van der Waals surface area contributed by atoms with Gasteiger partial charge in [-0.3, -0.25) is 4.79 Å². The SMILES string of the molecule is O=C(COc1cccc(-c2nc3ccccc3s2)c1)c1ccccc1. The van der Waals surface area contributed by atoms with Crippen molar-refractivity contribution in [3.8, 4) is 16.3 Å². The van der Waals surface area contributed by atoms with Crippen LogP contribution < -0.4 is 4.74 Å². The van der Waals surface area contributed by atoms with Crippen LogP contribution in [0.25, 0.3) is 20.8 Å². The quantitative estimate of drug-likeness (QED) is 0.465. The number of rotatable bonds is 5. The lowest BCUT2D eigenvalue weighted by Crippen LogP contribution is -2.11. The molecule has 0 radical (unpaired) electrons. The monoisotopic (exact) mass is 345 g/mol. The van der Waals surface area contributed by atoms with Gasteiger partial charge in [0.05, 0.1) is 10.2 Å². The third-order valence-electron chi connectivity index (χ3n) is 3.84. The fraction of sp³-hybridized carbons (Fsp3) is 0.0476. The highest BCUT2D eigenvalue weighted by atomic mass is 32.1. The Morgan fingerprint density at radius 1 is 0.920 bits per heavy atom. The summed E-state index contributed by atoms with van der Waals surface area (Å²) in [7, 11) is 0. The number of para-hydroxylation sites is 1. The van der Waals surface area contributed by atoms with Crippen molar-refractivity contribution in [3.05, 3.63) is 84.4 Å². The largest absolute Gasteiger partial charge is 0.485 e. The molecule has 0 amide bonds. The van der Waals surface area contributed by atoms with Gasteiger partial charge < -0.3 is 4.74 Å². The number of nitrogens with zero attached hydrogens (tertiary/aromatic N) is 1. The molecule has 0 atom stereocenters. The smallest absolute Gasteiger partial charge is 0.200 e. The molecule has 0 aliphatic heterocycles. The molecule has 0 aliphatic rings. The predicted octanol–water partition coefficient (Wildman–Crippen LogP) is 5.23. The Morgan fingerprint density at radius 2 is 1.72 bits per heavy atom. The lowest BCUT2D eigenvalue weighted by Gasteiger charge is -2.06. The minimum Gasteiger partial charge on any atom is -0.485 e. The summed E-state index contributed by atoms with van der Waals surface area (Å²) in [4.78, 5) is 16.8. The van der Waals surface area contributed by atoms with E-state index in [1.54, 1.807) is 23.5 Å². The van der Waals surface area contributed by atoms with E-state index in [1.807, 2.05) is 60.7 Å². The third kappa shape index (κ3) is 3.44. The van der Waals surface area contributed by atoms with Crippen LogP contribution in [0.1, 0.15) is 10.4 Å². The molecule has 0 saturated heterocycles. The van der Waals surface area contributed by atoms with Gasteiger partial charge in [-0.15, -0.1) is 11.3 Å². The van der Waals surface area contributed by atoms with Gasteiger partial charge in [0.25, 0.3) is 0 Å². The van der Waals surface area contributed by atoms with E-state index in [9.17, 15) is 4.79 Å². The summed E-state index contributed by atoms with van der Waals surface area (Å²) in [6, 6.07) is 25.0. The van der Waals surface area contributed by atoms with E-state index in [4.69, 9.17) is 4.74 Å². The second-order valence-corrected chi connectivity index (χ2v) is 6.62. The van der Waals surface area contributed by atoms with Crippen LogP contribution in [-0.4, -0.2) is 17.4 Å². The van der Waals surface area contributed by atoms with Crippen molar-refractivity contribution in [3.63, 3.8) is 0 Å². The first-order valence-corrected chi connectivity index (χ1v) is 8.78. The molecule has 0 bridgehead atoms. The van der Waals surface area contributed by atoms with Gasteiger partial charge in [-0.1, -0.05) is 54.6 Å². The molecule has 0 unspecified atom stereocenters. The van der Waals surface area contributed by atoms with Gasteiger partial charge in [-0.05, 0) is 24.3 Å². The van der Waals surface area contributed by atoms with E-state index >= 15 is 0 Å². The second kappa shape index (κ2) is 6.87. The number of hydrogen-bond donors (Lipinski definition) is 0. The van der Waals surface area contributed by atoms with Crippen molar-refractivity contribution < 1.29 is 9.53 Å². The van der Waals surface area contributed by atoms with Crippen molar-refractivity contribution in [2.24, 2.45) is 0 Å². The van der Waals surface area contributed by atoms with Gasteiger partial charge in [-0.2, -0.15) is 0 Å².